The fourth-order valence-electron chi connectivity index (χ4n) is 2.23. The maximum atomic E-state index is 12.3. The smallest absolute Gasteiger partial charge is 0.307 e. The maximum absolute atomic E-state index is 12.3. The minimum atomic E-state index is -3.60. The van der Waals surface area contributed by atoms with Crippen LogP contribution in [-0.2, 0) is 21.2 Å². The van der Waals surface area contributed by atoms with Crippen LogP contribution in [0.5, 0.6) is 0 Å². The van der Waals surface area contributed by atoms with E-state index in [1.165, 1.54) is 24.3 Å². The lowest BCUT2D eigenvalue weighted by molar-refractivity contribution is -0.136. The first-order valence-electron chi connectivity index (χ1n) is 8.39. The summed E-state index contributed by atoms with van der Waals surface area (Å²) in [6.07, 6.45) is -0.0883. The standard InChI is InChI=1S/C19H22N2O5S/c1-13(2)12-20-27(25,26)17-9-5-15(6-10-17)19(24)21-16-7-3-14(4-8-16)11-18(22)23/h3-10,13,20H,11-12H2,1-2H3,(H,21,24)(H,22,23). The summed E-state index contributed by atoms with van der Waals surface area (Å²) in [5, 5.41) is 11.4. The second-order valence-corrected chi connectivity index (χ2v) is 8.26. The van der Waals surface area contributed by atoms with Crippen molar-refractivity contribution in [1.29, 1.82) is 0 Å². The maximum Gasteiger partial charge on any atom is 0.307 e. The average molecular weight is 390 g/mol. The molecular weight excluding hydrogens is 368 g/mol. The second-order valence-electron chi connectivity index (χ2n) is 6.49. The SMILES string of the molecule is CC(C)CNS(=O)(=O)c1ccc(C(=O)Nc2ccc(CC(=O)O)cc2)cc1. The monoisotopic (exact) mass is 390 g/mol. The molecule has 0 saturated carbocycles. The highest BCUT2D eigenvalue weighted by Crippen LogP contribution is 2.14. The number of carbonyl (C=O) groups excluding carboxylic acids is 1. The van der Waals surface area contributed by atoms with E-state index in [-0.39, 0.29) is 23.1 Å². The quantitative estimate of drug-likeness (QED) is 0.641. The summed E-state index contributed by atoms with van der Waals surface area (Å²) in [6.45, 7) is 4.15. The van der Waals surface area contributed by atoms with Gasteiger partial charge < -0.3 is 10.4 Å². The summed E-state index contributed by atoms with van der Waals surface area (Å²) in [5.74, 6) is -1.13. The van der Waals surface area contributed by atoms with E-state index in [9.17, 15) is 18.0 Å². The molecule has 0 fully saturated rings. The van der Waals surface area contributed by atoms with Crippen molar-refractivity contribution in [2.45, 2.75) is 25.2 Å². The van der Waals surface area contributed by atoms with Crippen LogP contribution >= 0.6 is 0 Å². The van der Waals surface area contributed by atoms with Gasteiger partial charge in [-0.1, -0.05) is 26.0 Å². The van der Waals surface area contributed by atoms with E-state index in [2.05, 4.69) is 10.0 Å². The van der Waals surface area contributed by atoms with Crippen LogP contribution in [0.1, 0.15) is 29.8 Å². The van der Waals surface area contributed by atoms with Crippen molar-refractivity contribution in [2.75, 3.05) is 11.9 Å². The van der Waals surface area contributed by atoms with Crippen molar-refractivity contribution in [3.05, 3.63) is 59.7 Å². The Kier molecular flexibility index (Phi) is 6.70. The number of nitrogens with one attached hydrogen (secondary N) is 2. The van der Waals surface area contributed by atoms with Gasteiger partial charge >= 0.3 is 5.97 Å². The molecule has 2 aromatic carbocycles. The minimum Gasteiger partial charge on any atom is -0.481 e. The van der Waals surface area contributed by atoms with Crippen molar-refractivity contribution in [1.82, 2.24) is 4.72 Å². The molecule has 3 N–H and O–H groups in total. The Morgan fingerprint density at radius 2 is 1.59 bits per heavy atom. The number of benzene rings is 2. The van der Waals surface area contributed by atoms with E-state index in [0.717, 1.165) is 0 Å². The van der Waals surface area contributed by atoms with Gasteiger partial charge in [0.1, 0.15) is 0 Å². The molecule has 0 atom stereocenters. The summed E-state index contributed by atoms with van der Waals surface area (Å²) in [5.41, 5.74) is 1.46. The highest BCUT2D eigenvalue weighted by Gasteiger charge is 2.15. The van der Waals surface area contributed by atoms with Crippen molar-refractivity contribution in [2.24, 2.45) is 5.92 Å². The van der Waals surface area contributed by atoms with Gasteiger partial charge in [0.2, 0.25) is 10.0 Å². The molecule has 144 valence electrons. The molecule has 0 spiro atoms. The molecule has 0 bridgehead atoms. The number of anilines is 1. The molecule has 27 heavy (non-hydrogen) atoms. The summed E-state index contributed by atoms with van der Waals surface area (Å²) in [6, 6.07) is 12.1. The topological polar surface area (TPSA) is 113 Å². The van der Waals surface area contributed by atoms with Crippen LogP contribution in [0.3, 0.4) is 0 Å². The number of carboxylic acids is 1. The lowest BCUT2D eigenvalue weighted by Gasteiger charge is -2.10. The summed E-state index contributed by atoms with van der Waals surface area (Å²) in [4.78, 5) is 23.0. The van der Waals surface area contributed by atoms with E-state index in [1.807, 2.05) is 13.8 Å². The van der Waals surface area contributed by atoms with Gasteiger partial charge in [-0.15, -0.1) is 0 Å². The molecule has 0 heterocycles. The zero-order valence-corrected chi connectivity index (χ0v) is 15.9. The number of rotatable bonds is 8. The fourth-order valence-corrected chi connectivity index (χ4v) is 3.44. The van der Waals surface area contributed by atoms with E-state index < -0.39 is 16.0 Å². The Morgan fingerprint density at radius 3 is 2.11 bits per heavy atom. The highest BCUT2D eigenvalue weighted by molar-refractivity contribution is 7.89. The lowest BCUT2D eigenvalue weighted by atomic mass is 10.1. The lowest BCUT2D eigenvalue weighted by Crippen LogP contribution is -2.27. The third-order valence-electron chi connectivity index (χ3n) is 3.68. The van der Waals surface area contributed by atoms with Gasteiger partial charge in [0, 0.05) is 17.8 Å². The molecule has 0 aliphatic heterocycles. The van der Waals surface area contributed by atoms with E-state index >= 15 is 0 Å². The zero-order chi connectivity index (χ0) is 20.0. The van der Waals surface area contributed by atoms with E-state index in [4.69, 9.17) is 5.11 Å². The van der Waals surface area contributed by atoms with Gasteiger partial charge in [0.25, 0.3) is 5.91 Å². The molecular formula is C19H22N2O5S. The molecule has 0 radical (unpaired) electrons. The number of hydrogen-bond acceptors (Lipinski definition) is 4. The summed E-state index contributed by atoms with van der Waals surface area (Å²) < 4.78 is 26.8. The number of carboxylic acid groups (broad SMARTS) is 1. The molecule has 0 saturated heterocycles. The van der Waals surface area contributed by atoms with Gasteiger partial charge in [-0.3, -0.25) is 9.59 Å². The fraction of sp³-hybridized carbons (Fsp3) is 0.263. The van der Waals surface area contributed by atoms with Crippen molar-refractivity contribution >= 4 is 27.6 Å². The van der Waals surface area contributed by atoms with Crippen LogP contribution in [0.25, 0.3) is 0 Å². The van der Waals surface area contributed by atoms with Gasteiger partial charge in [-0.25, -0.2) is 13.1 Å². The first kappa shape index (κ1) is 20.6. The molecule has 0 aliphatic carbocycles. The molecule has 0 aliphatic rings. The Morgan fingerprint density at radius 1 is 1.00 bits per heavy atom. The van der Waals surface area contributed by atoms with Crippen LogP contribution in [-0.4, -0.2) is 31.9 Å². The average Bonchev–Trinajstić information content (AvgIpc) is 2.61. The number of hydrogen-bond donors (Lipinski definition) is 3. The molecule has 8 heteroatoms. The molecule has 2 aromatic rings. The molecule has 7 nitrogen and oxygen atoms in total. The highest BCUT2D eigenvalue weighted by atomic mass is 32.2. The summed E-state index contributed by atoms with van der Waals surface area (Å²) >= 11 is 0. The predicted molar refractivity (Wildman–Crippen MR) is 102 cm³/mol. The van der Waals surface area contributed by atoms with Gasteiger partial charge in [-0.05, 0) is 47.9 Å². The van der Waals surface area contributed by atoms with Gasteiger partial charge in [0.15, 0.2) is 0 Å². The molecule has 0 unspecified atom stereocenters. The summed E-state index contributed by atoms with van der Waals surface area (Å²) in [7, 11) is -3.60. The van der Waals surface area contributed by atoms with Crippen LogP contribution in [0.15, 0.2) is 53.4 Å². The number of amides is 1. The van der Waals surface area contributed by atoms with Crippen molar-refractivity contribution in [3.63, 3.8) is 0 Å². The van der Waals surface area contributed by atoms with Crippen LogP contribution in [0, 0.1) is 5.92 Å². The molecule has 0 aromatic heterocycles. The molecule has 1 amide bonds. The zero-order valence-electron chi connectivity index (χ0n) is 15.1. The van der Waals surface area contributed by atoms with Gasteiger partial charge in [0.05, 0.1) is 11.3 Å². The van der Waals surface area contributed by atoms with Crippen molar-refractivity contribution < 1.29 is 23.1 Å². The van der Waals surface area contributed by atoms with Crippen LogP contribution in [0.4, 0.5) is 5.69 Å². The molecule has 2 rings (SSSR count). The number of sulfonamides is 1. The first-order valence-corrected chi connectivity index (χ1v) is 9.87. The van der Waals surface area contributed by atoms with Crippen LogP contribution < -0.4 is 10.0 Å². The van der Waals surface area contributed by atoms with Crippen LogP contribution in [0.2, 0.25) is 0 Å². The predicted octanol–water partition coefficient (Wildman–Crippen LogP) is 2.50. The third-order valence-corrected chi connectivity index (χ3v) is 5.12. The Balaban J connectivity index is 2.04. The number of carbonyl (C=O) groups is 2. The Bertz CT molecular complexity index is 904. The Hall–Kier alpha value is -2.71. The minimum absolute atomic E-state index is 0.0883. The van der Waals surface area contributed by atoms with E-state index in [0.29, 0.717) is 23.4 Å². The normalized spacial score (nSPS) is 11.4. The van der Waals surface area contributed by atoms with Crippen molar-refractivity contribution in [3.8, 4) is 0 Å². The second kappa shape index (κ2) is 8.79. The van der Waals surface area contributed by atoms with Gasteiger partial charge in [-0.2, -0.15) is 0 Å². The Labute approximate surface area is 158 Å². The largest absolute Gasteiger partial charge is 0.481 e. The first-order chi connectivity index (χ1) is 12.7. The van der Waals surface area contributed by atoms with E-state index in [1.54, 1.807) is 24.3 Å². The third kappa shape index (κ3) is 6.19. The number of aliphatic carboxylic acids is 1.